The molecule has 0 spiro atoms. The van der Waals surface area contributed by atoms with Gasteiger partial charge in [-0.15, -0.1) is 22.7 Å². The molecule has 0 fully saturated rings. The number of ether oxygens (including phenoxy) is 2. The average Bonchev–Trinajstić information content (AvgIpc) is 3.32. The van der Waals surface area contributed by atoms with E-state index in [2.05, 4.69) is 15.3 Å². The number of rotatable bonds is 9. The predicted octanol–water partition coefficient (Wildman–Crippen LogP) is 3.35. The van der Waals surface area contributed by atoms with Gasteiger partial charge < -0.3 is 20.5 Å². The van der Waals surface area contributed by atoms with E-state index < -0.39 is 5.91 Å². The van der Waals surface area contributed by atoms with Crippen molar-refractivity contribution in [1.29, 1.82) is 0 Å². The lowest BCUT2D eigenvalue weighted by molar-refractivity contribution is -0.117. The van der Waals surface area contributed by atoms with Gasteiger partial charge in [0.25, 0.3) is 0 Å². The molecule has 2 amide bonds. The summed E-state index contributed by atoms with van der Waals surface area (Å²) in [5, 5.41) is 5.15. The summed E-state index contributed by atoms with van der Waals surface area (Å²) in [6, 6.07) is 5.48. The first kappa shape index (κ1) is 22.1. The van der Waals surface area contributed by atoms with Crippen LogP contribution in [0.1, 0.15) is 10.6 Å². The summed E-state index contributed by atoms with van der Waals surface area (Å²) < 4.78 is 11.4. The van der Waals surface area contributed by atoms with Gasteiger partial charge in [0.05, 0.1) is 37.8 Å². The van der Waals surface area contributed by atoms with Crippen molar-refractivity contribution in [3.05, 3.63) is 34.2 Å². The molecule has 0 aliphatic heterocycles. The molecule has 30 heavy (non-hydrogen) atoms. The summed E-state index contributed by atoms with van der Waals surface area (Å²) in [7, 11) is 3.17. The molecule has 0 aliphatic rings. The maximum atomic E-state index is 12.3. The molecule has 0 unspecified atom stereocenters. The van der Waals surface area contributed by atoms with Crippen molar-refractivity contribution < 1.29 is 19.1 Å². The van der Waals surface area contributed by atoms with Crippen LogP contribution in [-0.4, -0.2) is 41.8 Å². The quantitative estimate of drug-likeness (QED) is 0.466. The van der Waals surface area contributed by atoms with E-state index >= 15 is 0 Å². The van der Waals surface area contributed by atoms with Crippen molar-refractivity contribution >= 4 is 51.4 Å². The number of nitrogens with two attached hydrogens (primary N) is 1. The standard InChI is InChI=1S/C19H20N4O4S3/c1-10-15(7-16(20)24)30-19(21-10)29-9-17(25)23-18-22-13(8-28-18)12-5-4-11(26-2)6-14(12)27-3/h4-6,8H,7,9H2,1-3H3,(H2,20,24)(H,22,23,25). The number of nitrogens with zero attached hydrogens (tertiary/aromatic N) is 2. The molecule has 3 N–H and O–H groups in total. The Morgan fingerprint density at radius 3 is 2.73 bits per heavy atom. The van der Waals surface area contributed by atoms with E-state index in [-0.39, 0.29) is 18.1 Å². The molecular formula is C19H20N4O4S3. The second-order valence-corrected chi connectivity index (χ2v) is 9.24. The molecule has 0 bridgehead atoms. The number of carbonyl (C=O) groups excluding carboxylic acids is 2. The molecule has 0 atom stereocenters. The first-order chi connectivity index (χ1) is 14.4. The van der Waals surface area contributed by atoms with E-state index in [1.165, 1.54) is 34.4 Å². The Morgan fingerprint density at radius 2 is 2.03 bits per heavy atom. The highest BCUT2D eigenvalue weighted by atomic mass is 32.2. The maximum Gasteiger partial charge on any atom is 0.236 e. The molecule has 3 rings (SSSR count). The van der Waals surface area contributed by atoms with Crippen LogP contribution in [0.5, 0.6) is 11.5 Å². The van der Waals surface area contributed by atoms with Gasteiger partial charge in [-0.2, -0.15) is 0 Å². The summed E-state index contributed by atoms with van der Waals surface area (Å²) in [6.07, 6.45) is 0.160. The van der Waals surface area contributed by atoms with E-state index in [1.807, 2.05) is 24.4 Å². The molecule has 0 saturated carbocycles. The molecule has 1 aromatic carbocycles. The number of benzene rings is 1. The van der Waals surface area contributed by atoms with Crippen LogP contribution >= 0.6 is 34.4 Å². The van der Waals surface area contributed by atoms with Crippen molar-refractivity contribution in [2.75, 3.05) is 25.3 Å². The normalized spacial score (nSPS) is 10.6. The molecule has 8 nitrogen and oxygen atoms in total. The Hall–Kier alpha value is -2.63. The van der Waals surface area contributed by atoms with Gasteiger partial charge in [0, 0.05) is 21.9 Å². The number of methoxy groups -OCH3 is 2. The van der Waals surface area contributed by atoms with Gasteiger partial charge in [-0.05, 0) is 19.1 Å². The Kier molecular flexibility index (Phi) is 7.29. The van der Waals surface area contributed by atoms with E-state index in [4.69, 9.17) is 15.2 Å². The summed E-state index contributed by atoms with van der Waals surface area (Å²) in [5.41, 5.74) is 7.51. The lowest BCUT2D eigenvalue weighted by Crippen LogP contribution is -2.13. The highest BCUT2D eigenvalue weighted by molar-refractivity contribution is 8.01. The first-order valence-electron chi connectivity index (χ1n) is 8.74. The van der Waals surface area contributed by atoms with E-state index in [0.717, 1.165) is 20.5 Å². The van der Waals surface area contributed by atoms with Crippen molar-refractivity contribution in [2.24, 2.45) is 5.73 Å². The minimum atomic E-state index is -0.399. The molecule has 2 heterocycles. The molecule has 0 aliphatic carbocycles. The number of amides is 2. The van der Waals surface area contributed by atoms with Gasteiger partial charge in [-0.1, -0.05) is 11.8 Å². The predicted molar refractivity (Wildman–Crippen MR) is 120 cm³/mol. The number of carbonyl (C=O) groups is 2. The second-order valence-electron chi connectivity index (χ2n) is 6.07. The van der Waals surface area contributed by atoms with Crippen LogP contribution in [0.4, 0.5) is 5.13 Å². The van der Waals surface area contributed by atoms with Crippen LogP contribution in [0.3, 0.4) is 0 Å². The molecule has 0 saturated heterocycles. The largest absolute Gasteiger partial charge is 0.497 e. The number of hydrogen-bond donors (Lipinski definition) is 2. The molecule has 11 heteroatoms. The number of hydrogen-bond acceptors (Lipinski definition) is 9. The second kappa shape index (κ2) is 9.92. The highest BCUT2D eigenvalue weighted by Gasteiger charge is 2.15. The number of thioether (sulfide) groups is 1. The minimum absolute atomic E-state index is 0.160. The lowest BCUT2D eigenvalue weighted by Gasteiger charge is -2.08. The number of anilines is 1. The van der Waals surface area contributed by atoms with E-state index in [9.17, 15) is 9.59 Å². The van der Waals surface area contributed by atoms with Gasteiger partial charge >= 0.3 is 0 Å². The summed E-state index contributed by atoms with van der Waals surface area (Å²) in [5.74, 6) is 0.923. The van der Waals surface area contributed by atoms with E-state index in [1.54, 1.807) is 20.3 Å². The molecule has 158 valence electrons. The van der Waals surface area contributed by atoms with Crippen molar-refractivity contribution in [1.82, 2.24) is 9.97 Å². The fourth-order valence-corrected chi connectivity index (χ4v) is 5.30. The molecule has 0 radical (unpaired) electrons. The van der Waals surface area contributed by atoms with Crippen molar-refractivity contribution in [2.45, 2.75) is 17.7 Å². The van der Waals surface area contributed by atoms with Gasteiger partial charge in [-0.3, -0.25) is 9.59 Å². The fraction of sp³-hybridized carbons (Fsp3) is 0.263. The van der Waals surface area contributed by atoms with Crippen LogP contribution in [0, 0.1) is 6.92 Å². The SMILES string of the molecule is COc1ccc(-c2csc(NC(=O)CSc3nc(C)c(CC(N)=O)s3)n2)c(OC)c1. The summed E-state index contributed by atoms with van der Waals surface area (Å²) in [4.78, 5) is 33.1. The summed E-state index contributed by atoms with van der Waals surface area (Å²) in [6.45, 7) is 1.82. The topological polar surface area (TPSA) is 116 Å². The van der Waals surface area contributed by atoms with Gasteiger partial charge in [0.15, 0.2) is 9.47 Å². The highest BCUT2D eigenvalue weighted by Crippen LogP contribution is 2.35. The minimum Gasteiger partial charge on any atom is -0.497 e. The Balaban J connectivity index is 1.61. The first-order valence-corrected chi connectivity index (χ1v) is 11.4. The lowest BCUT2D eigenvalue weighted by atomic mass is 10.1. The van der Waals surface area contributed by atoms with Crippen LogP contribution in [-0.2, 0) is 16.0 Å². The van der Waals surface area contributed by atoms with Crippen molar-refractivity contribution in [3.63, 3.8) is 0 Å². The van der Waals surface area contributed by atoms with Gasteiger partial charge in [0.1, 0.15) is 11.5 Å². The van der Waals surface area contributed by atoms with Crippen LogP contribution in [0.25, 0.3) is 11.3 Å². The Morgan fingerprint density at radius 1 is 1.23 bits per heavy atom. The van der Waals surface area contributed by atoms with E-state index in [0.29, 0.717) is 22.3 Å². The third-order valence-electron chi connectivity index (χ3n) is 3.97. The van der Waals surface area contributed by atoms with Crippen LogP contribution in [0.2, 0.25) is 0 Å². The average molecular weight is 465 g/mol. The third-order valence-corrected chi connectivity index (χ3v) is 7.03. The molecular weight excluding hydrogens is 444 g/mol. The molecule has 2 aromatic heterocycles. The summed E-state index contributed by atoms with van der Waals surface area (Å²) >= 11 is 4.02. The van der Waals surface area contributed by atoms with Crippen LogP contribution < -0.4 is 20.5 Å². The number of nitrogens with one attached hydrogen (secondary N) is 1. The number of primary amides is 1. The Bertz CT molecular complexity index is 1060. The zero-order valence-electron chi connectivity index (χ0n) is 16.6. The van der Waals surface area contributed by atoms with Gasteiger partial charge in [0.2, 0.25) is 11.8 Å². The number of aromatic nitrogens is 2. The zero-order chi connectivity index (χ0) is 21.7. The Labute approximate surface area is 185 Å². The zero-order valence-corrected chi connectivity index (χ0v) is 19.0. The number of aryl methyl sites for hydroxylation is 1. The molecule has 3 aromatic rings. The van der Waals surface area contributed by atoms with Gasteiger partial charge in [-0.25, -0.2) is 9.97 Å². The van der Waals surface area contributed by atoms with Crippen molar-refractivity contribution in [3.8, 4) is 22.8 Å². The fourth-order valence-electron chi connectivity index (χ4n) is 2.53. The maximum absolute atomic E-state index is 12.3. The van der Waals surface area contributed by atoms with Crippen LogP contribution in [0.15, 0.2) is 27.9 Å². The monoisotopic (exact) mass is 464 g/mol. The smallest absolute Gasteiger partial charge is 0.236 e. The number of thiazole rings is 2. The third kappa shape index (κ3) is 5.49.